The molecule has 2 unspecified atom stereocenters. The summed E-state index contributed by atoms with van der Waals surface area (Å²) in [4.78, 5) is 2.51. The van der Waals surface area contributed by atoms with Crippen molar-refractivity contribution in [3.05, 3.63) is 0 Å². The number of nitrogens with zero attached hydrogens (tertiary/aromatic N) is 1. The molecule has 1 fully saturated rings. The van der Waals surface area contributed by atoms with E-state index in [4.69, 9.17) is 5.11 Å². The molecule has 0 spiro atoms. The summed E-state index contributed by atoms with van der Waals surface area (Å²) in [6, 6.07) is 0.760. The quantitative estimate of drug-likeness (QED) is 0.719. The van der Waals surface area contributed by atoms with Crippen LogP contribution in [0.4, 0.5) is 0 Å². The van der Waals surface area contributed by atoms with Gasteiger partial charge in [0, 0.05) is 12.1 Å². The fourth-order valence-electron chi connectivity index (χ4n) is 2.41. The Morgan fingerprint density at radius 3 is 2.40 bits per heavy atom. The number of rotatable bonds is 5. The molecule has 90 valence electrons. The second-order valence-electron chi connectivity index (χ2n) is 4.81. The Balaban J connectivity index is 2.26. The van der Waals surface area contributed by atoms with Crippen LogP contribution in [0.1, 0.15) is 33.6 Å². The maximum absolute atomic E-state index is 8.99. The first-order chi connectivity index (χ1) is 7.17. The van der Waals surface area contributed by atoms with E-state index in [1.807, 2.05) is 6.92 Å². The smallest absolute Gasteiger partial charge is 0.0582 e. The van der Waals surface area contributed by atoms with Crippen LogP contribution in [0.15, 0.2) is 0 Å². The van der Waals surface area contributed by atoms with Crippen LogP contribution in [0.5, 0.6) is 0 Å². The number of hydrogen-bond donors (Lipinski definition) is 2. The monoisotopic (exact) mass is 214 g/mol. The van der Waals surface area contributed by atoms with Crippen molar-refractivity contribution in [1.29, 1.82) is 0 Å². The predicted molar refractivity (Wildman–Crippen MR) is 64.0 cm³/mol. The van der Waals surface area contributed by atoms with Crippen molar-refractivity contribution in [2.24, 2.45) is 5.92 Å². The molecular weight excluding hydrogens is 188 g/mol. The molecule has 0 aromatic rings. The first-order valence-electron chi connectivity index (χ1n) is 6.26. The Hall–Kier alpha value is -0.120. The molecule has 0 aliphatic carbocycles. The molecular formula is C12H26N2O. The maximum Gasteiger partial charge on any atom is 0.0582 e. The van der Waals surface area contributed by atoms with Crippen molar-refractivity contribution in [3.63, 3.8) is 0 Å². The van der Waals surface area contributed by atoms with Crippen molar-refractivity contribution in [2.45, 2.75) is 45.7 Å². The summed E-state index contributed by atoms with van der Waals surface area (Å²) in [5.41, 5.74) is 0. The van der Waals surface area contributed by atoms with Crippen molar-refractivity contribution >= 4 is 0 Å². The highest BCUT2D eigenvalue weighted by Gasteiger charge is 2.23. The highest BCUT2D eigenvalue weighted by atomic mass is 16.3. The van der Waals surface area contributed by atoms with Crippen molar-refractivity contribution in [3.8, 4) is 0 Å². The van der Waals surface area contributed by atoms with Gasteiger partial charge in [-0.1, -0.05) is 6.92 Å². The van der Waals surface area contributed by atoms with Gasteiger partial charge in [0.2, 0.25) is 0 Å². The van der Waals surface area contributed by atoms with E-state index in [0.717, 1.165) is 5.92 Å². The molecule has 3 heteroatoms. The van der Waals surface area contributed by atoms with Crippen molar-refractivity contribution < 1.29 is 5.11 Å². The lowest BCUT2D eigenvalue weighted by Crippen LogP contribution is -2.45. The van der Waals surface area contributed by atoms with Gasteiger partial charge >= 0.3 is 0 Å². The van der Waals surface area contributed by atoms with Crippen LogP contribution in [-0.4, -0.2) is 48.3 Å². The van der Waals surface area contributed by atoms with Gasteiger partial charge in [0.05, 0.1) is 6.61 Å². The van der Waals surface area contributed by atoms with Crippen molar-refractivity contribution in [2.75, 3.05) is 26.2 Å². The average Bonchev–Trinajstić information content (AvgIpc) is 2.29. The molecule has 0 aromatic heterocycles. The van der Waals surface area contributed by atoms with Gasteiger partial charge in [0.25, 0.3) is 0 Å². The number of likely N-dealkylation sites (tertiary alicyclic amines) is 1. The van der Waals surface area contributed by atoms with E-state index >= 15 is 0 Å². The molecule has 1 aliphatic rings. The Bertz CT molecular complexity index is 167. The van der Waals surface area contributed by atoms with Gasteiger partial charge in [-0.3, -0.25) is 0 Å². The Kier molecular flexibility index (Phi) is 5.58. The Morgan fingerprint density at radius 1 is 1.33 bits per heavy atom. The minimum absolute atomic E-state index is 0.226. The Labute approximate surface area is 93.9 Å². The predicted octanol–water partition coefficient (Wildman–Crippen LogP) is 1.08. The summed E-state index contributed by atoms with van der Waals surface area (Å²) in [5, 5.41) is 12.5. The molecule has 1 saturated heterocycles. The summed E-state index contributed by atoms with van der Waals surface area (Å²) in [6.07, 6.45) is 2.58. The molecule has 1 heterocycles. The lowest BCUT2D eigenvalue weighted by Gasteiger charge is -2.35. The van der Waals surface area contributed by atoms with Gasteiger partial charge in [-0.2, -0.15) is 0 Å². The van der Waals surface area contributed by atoms with Crippen LogP contribution in [0.25, 0.3) is 0 Å². The largest absolute Gasteiger partial charge is 0.395 e. The van der Waals surface area contributed by atoms with Crippen LogP contribution in [0.2, 0.25) is 0 Å². The second-order valence-corrected chi connectivity index (χ2v) is 4.81. The molecule has 0 radical (unpaired) electrons. The van der Waals surface area contributed by atoms with E-state index in [2.05, 4.69) is 24.1 Å². The molecule has 0 aromatic carbocycles. The third kappa shape index (κ3) is 4.09. The number of aliphatic hydroxyl groups excluding tert-OH is 1. The summed E-state index contributed by atoms with van der Waals surface area (Å²) >= 11 is 0. The van der Waals surface area contributed by atoms with Crippen LogP contribution in [0, 0.1) is 5.92 Å². The van der Waals surface area contributed by atoms with E-state index in [1.165, 1.54) is 32.5 Å². The van der Waals surface area contributed by atoms with Gasteiger partial charge in [0.1, 0.15) is 0 Å². The number of hydrogen-bond acceptors (Lipinski definition) is 3. The fourth-order valence-corrected chi connectivity index (χ4v) is 2.41. The lowest BCUT2D eigenvalue weighted by molar-refractivity contribution is 0.156. The lowest BCUT2D eigenvalue weighted by atomic mass is 9.90. The van der Waals surface area contributed by atoms with E-state index in [-0.39, 0.29) is 12.6 Å². The summed E-state index contributed by atoms with van der Waals surface area (Å²) < 4.78 is 0. The molecule has 0 amide bonds. The maximum atomic E-state index is 8.99. The molecule has 3 nitrogen and oxygen atoms in total. The highest BCUT2D eigenvalue weighted by molar-refractivity contribution is 4.80. The molecule has 0 bridgehead atoms. The second kappa shape index (κ2) is 6.46. The minimum atomic E-state index is 0.226. The zero-order chi connectivity index (χ0) is 11.3. The first kappa shape index (κ1) is 12.9. The van der Waals surface area contributed by atoms with E-state index in [1.54, 1.807) is 0 Å². The van der Waals surface area contributed by atoms with Gasteiger partial charge < -0.3 is 15.3 Å². The summed E-state index contributed by atoms with van der Waals surface area (Å²) in [6.45, 7) is 10.4. The minimum Gasteiger partial charge on any atom is -0.395 e. The third-order valence-corrected chi connectivity index (χ3v) is 3.61. The van der Waals surface area contributed by atoms with Gasteiger partial charge in [0.15, 0.2) is 0 Å². The van der Waals surface area contributed by atoms with Crippen LogP contribution in [-0.2, 0) is 0 Å². The number of nitrogens with one attached hydrogen (secondary N) is 1. The number of aliphatic hydroxyl groups is 1. The first-order valence-corrected chi connectivity index (χ1v) is 6.26. The Morgan fingerprint density at radius 2 is 1.93 bits per heavy atom. The molecule has 2 atom stereocenters. The van der Waals surface area contributed by atoms with Crippen LogP contribution in [0.3, 0.4) is 0 Å². The molecule has 1 aliphatic heterocycles. The summed E-state index contributed by atoms with van der Waals surface area (Å²) in [7, 11) is 0. The molecule has 2 N–H and O–H groups in total. The normalized spacial score (nSPS) is 24.0. The molecule has 0 saturated carbocycles. The average molecular weight is 214 g/mol. The molecule has 15 heavy (non-hydrogen) atoms. The fraction of sp³-hybridized carbons (Fsp3) is 1.00. The zero-order valence-corrected chi connectivity index (χ0v) is 10.4. The SMILES string of the molecule is CCN1CCC(C(C)NC(C)CO)CC1. The number of piperidine rings is 1. The van der Waals surface area contributed by atoms with Gasteiger partial charge in [-0.05, 0) is 52.2 Å². The molecule has 1 rings (SSSR count). The van der Waals surface area contributed by atoms with Gasteiger partial charge in [-0.25, -0.2) is 0 Å². The van der Waals surface area contributed by atoms with E-state index in [9.17, 15) is 0 Å². The standard InChI is InChI=1S/C12H26N2O/c1-4-14-7-5-12(6-8-14)11(3)13-10(2)9-15/h10-13,15H,4-9H2,1-3H3. The topological polar surface area (TPSA) is 35.5 Å². The van der Waals surface area contributed by atoms with Crippen molar-refractivity contribution in [1.82, 2.24) is 10.2 Å². The third-order valence-electron chi connectivity index (χ3n) is 3.61. The zero-order valence-electron chi connectivity index (χ0n) is 10.4. The highest BCUT2D eigenvalue weighted by Crippen LogP contribution is 2.20. The summed E-state index contributed by atoms with van der Waals surface area (Å²) in [5.74, 6) is 0.779. The van der Waals surface area contributed by atoms with Crippen LogP contribution < -0.4 is 5.32 Å². The van der Waals surface area contributed by atoms with Gasteiger partial charge in [-0.15, -0.1) is 0 Å². The van der Waals surface area contributed by atoms with E-state index < -0.39 is 0 Å². The van der Waals surface area contributed by atoms with Crippen LogP contribution >= 0.6 is 0 Å². The van der Waals surface area contributed by atoms with E-state index in [0.29, 0.717) is 6.04 Å².